The average Bonchev–Trinajstić information content (AvgIpc) is 3.35. The number of aryl methyl sites for hydroxylation is 1. The molecule has 0 unspecified atom stereocenters. The van der Waals surface area contributed by atoms with E-state index in [1.54, 1.807) is 4.90 Å². The molecular formula is C28H27F2N3O3S2. The number of carbonyl (C=O) groups excluding carboxylic acids is 1. The molecule has 0 bridgehead atoms. The van der Waals surface area contributed by atoms with Gasteiger partial charge in [-0.25, -0.2) is 22.2 Å². The summed E-state index contributed by atoms with van der Waals surface area (Å²) in [4.78, 5) is 19.7. The fraction of sp³-hybridized carbons (Fsp3) is 0.286. The molecule has 2 heterocycles. The van der Waals surface area contributed by atoms with Gasteiger partial charge in [0.05, 0.1) is 16.8 Å². The molecule has 3 aromatic carbocycles. The number of aromatic nitrogens is 1. The number of fused-ring (bicyclic) bond motifs is 1. The number of amides is 1. The third kappa shape index (κ3) is 5.34. The van der Waals surface area contributed by atoms with E-state index in [9.17, 15) is 22.0 Å². The molecule has 38 heavy (non-hydrogen) atoms. The number of sulfonamides is 1. The van der Waals surface area contributed by atoms with Gasteiger partial charge >= 0.3 is 0 Å². The first kappa shape index (κ1) is 26.4. The molecule has 10 heteroatoms. The van der Waals surface area contributed by atoms with Gasteiger partial charge in [-0.2, -0.15) is 4.31 Å². The first-order chi connectivity index (χ1) is 18.3. The summed E-state index contributed by atoms with van der Waals surface area (Å²) in [5.41, 5.74) is 2.98. The zero-order valence-corrected chi connectivity index (χ0v) is 22.4. The van der Waals surface area contributed by atoms with Crippen LogP contribution in [-0.2, 0) is 27.8 Å². The molecular weight excluding hydrogens is 528 g/mol. The van der Waals surface area contributed by atoms with E-state index < -0.39 is 32.5 Å². The molecule has 0 atom stereocenters. The van der Waals surface area contributed by atoms with E-state index >= 15 is 0 Å². The van der Waals surface area contributed by atoms with Crippen molar-refractivity contribution < 1.29 is 22.0 Å². The molecule has 198 valence electrons. The maximum atomic E-state index is 14.2. The van der Waals surface area contributed by atoms with Gasteiger partial charge in [-0.3, -0.25) is 9.69 Å². The number of benzene rings is 3. The molecule has 0 spiro atoms. The van der Waals surface area contributed by atoms with E-state index in [0.29, 0.717) is 17.7 Å². The Hall–Kier alpha value is -3.21. The second-order valence-electron chi connectivity index (χ2n) is 9.32. The van der Waals surface area contributed by atoms with Crippen molar-refractivity contribution in [3.63, 3.8) is 0 Å². The van der Waals surface area contributed by atoms with Crippen molar-refractivity contribution in [1.29, 1.82) is 0 Å². The Kier molecular flexibility index (Phi) is 7.56. The third-order valence-electron chi connectivity index (χ3n) is 6.85. The standard InChI is InChI=1S/C28H27F2N3O3S2/c1-2-19-8-10-24-25(16-19)37-28(31-24)33(18-20-6-4-3-5-7-20)27(34)21-12-14-32(15-13-21)38(35,36)26-11-9-22(29)17-23(26)30/h3-11,16-17,21H,2,12-15,18H2,1H3. The van der Waals surface area contributed by atoms with Crippen LogP contribution in [0.1, 0.15) is 30.9 Å². The monoisotopic (exact) mass is 555 g/mol. The van der Waals surface area contributed by atoms with E-state index in [1.807, 2.05) is 42.5 Å². The van der Waals surface area contributed by atoms with Gasteiger partial charge < -0.3 is 0 Å². The van der Waals surface area contributed by atoms with E-state index in [2.05, 4.69) is 13.0 Å². The maximum Gasteiger partial charge on any atom is 0.245 e. The summed E-state index contributed by atoms with van der Waals surface area (Å²) >= 11 is 1.47. The van der Waals surface area contributed by atoms with E-state index in [-0.39, 0.29) is 31.8 Å². The smallest absolute Gasteiger partial charge is 0.245 e. The number of nitrogens with zero attached hydrogens (tertiary/aromatic N) is 3. The second-order valence-corrected chi connectivity index (χ2v) is 12.2. The highest BCUT2D eigenvalue weighted by Gasteiger charge is 2.36. The lowest BCUT2D eigenvalue weighted by molar-refractivity contribution is -0.123. The molecule has 0 aliphatic carbocycles. The Labute approximate surface area is 224 Å². The molecule has 0 radical (unpaired) electrons. The highest BCUT2D eigenvalue weighted by Crippen LogP contribution is 2.34. The number of halogens is 2. The van der Waals surface area contributed by atoms with Crippen LogP contribution >= 0.6 is 11.3 Å². The SMILES string of the molecule is CCc1ccc2nc(N(Cc3ccccc3)C(=O)C3CCN(S(=O)(=O)c4ccc(F)cc4F)CC3)sc2c1. The van der Waals surface area contributed by atoms with Crippen LogP contribution < -0.4 is 4.90 Å². The number of anilines is 1. The summed E-state index contributed by atoms with van der Waals surface area (Å²) in [5, 5.41) is 0.602. The Morgan fingerprint density at radius 3 is 2.45 bits per heavy atom. The molecule has 5 rings (SSSR count). The Morgan fingerprint density at radius 2 is 1.76 bits per heavy atom. The first-order valence-corrected chi connectivity index (χ1v) is 14.7. The summed E-state index contributed by atoms with van der Waals surface area (Å²) in [5.74, 6) is -2.50. The lowest BCUT2D eigenvalue weighted by Crippen LogP contribution is -2.44. The van der Waals surface area contributed by atoms with Crippen molar-refractivity contribution in [1.82, 2.24) is 9.29 Å². The quantitative estimate of drug-likeness (QED) is 0.290. The van der Waals surface area contributed by atoms with Crippen molar-refractivity contribution in [2.45, 2.75) is 37.6 Å². The highest BCUT2D eigenvalue weighted by molar-refractivity contribution is 7.89. The largest absolute Gasteiger partial charge is 0.283 e. The summed E-state index contributed by atoms with van der Waals surface area (Å²) in [7, 11) is -4.15. The summed E-state index contributed by atoms with van der Waals surface area (Å²) < 4.78 is 55.7. The minimum absolute atomic E-state index is 0.0639. The number of hydrogen-bond acceptors (Lipinski definition) is 5. The number of carbonyl (C=O) groups is 1. The fourth-order valence-electron chi connectivity index (χ4n) is 4.69. The van der Waals surface area contributed by atoms with E-state index in [4.69, 9.17) is 4.98 Å². The number of rotatable bonds is 7. The average molecular weight is 556 g/mol. The van der Waals surface area contributed by atoms with Crippen molar-refractivity contribution in [2.75, 3.05) is 18.0 Å². The van der Waals surface area contributed by atoms with Crippen LogP contribution in [0, 0.1) is 17.6 Å². The van der Waals surface area contributed by atoms with Gasteiger partial charge in [0, 0.05) is 25.1 Å². The summed E-state index contributed by atoms with van der Waals surface area (Å²) in [6.45, 7) is 2.56. The van der Waals surface area contributed by atoms with Gasteiger partial charge in [-0.1, -0.05) is 54.7 Å². The number of piperidine rings is 1. The van der Waals surface area contributed by atoms with Crippen LogP contribution in [0.5, 0.6) is 0 Å². The van der Waals surface area contributed by atoms with Gasteiger partial charge in [-0.15, -0.1) is 0 Å². The first-order valence-electron chi connectivity index (χ1n) is 12.5. The van der Waals surface area contributed by atoms with Gasteiger partial charge in [0.25, 0.3) is 0 Å². The van der Waals surface area contributed by atoms with Crippen molar-refractivity contribution in [2.24, 2.45) is 5.92 Å². The van der Waals surface area contributed by atoms with Crippen molar-refractivity contribution >= 4 is 42.6 Å². The molecule has 0 N–H and O–H groups in total. The lowest BCUT2D eigenvalue weighted by Gasteiger charge is -2.33. The van der Waals surface area contributed by atoms with Crippen LogP contribution in [0.2, 0.25) is 0 Å². The minimum atomic E-state index is -4.15. The Balaban J connectivity index is 1.38. The van der Waals surface area contributed by atoms with E-state index in [0.717, 1.165) is 34.3 Å². The van der Waals surface area contributed by atoms with Gasteiger partial charge in [0.1, 0.15) is 16.5 Å². The molecule has 4 aromatic rings. The Morgan fingerprint density at radius 1 is 1.03 bits per heavy atom. The molecule has 1 saturated heterocycles. The van der Waals surface area contributed by atoms with Crippen LogP contribution in [0.3, 0.4) is 0 Å². The van der Waals surface area contributed by atoms with Crippen LogP contribution in [0.15, 0.2) is 71.6 Å². The van der Waals surface area contributed by atoms with Crippen LogP contribution in [0.25, 0.3) is 10.2 Å². The minimum Gasteiger partial charge on any atom is -0.283 e. The lowest BCUT2D eigenvalue weighted by atomic mass is 9.96. The van der Waals surface area contributed by atoms with Gasteiger partial charge in [0.15, 0.2) is 5.13 Å². The number of hydrogen-bond donors (Lipinski definition) is 0. The van der Waals surface area contributed by atoms with E-state index in [1.165, 1.54) is 21.2 Å². The highest BCUT2D eigenvalue weighted by atomic mass is 32.2. The van der Waals surface area contributed by atoms with Gasteiger partial charge in [0.2, 0.25) is 15.9 Å². The van der Waals surface area contributed by atoms with Gasteiger partial charge in [-0.05, 0) is 54.7 Å². The zero-order valence-electron chi connectivity index (χ0n) is 20.8. The summed E-state index contributed by atoms with van der Waals surface area (Å²) in [6, 6.07) is 18.2. The zero-order chi connectivity index (χ0) is 26.9. The fourth-order valence-corrected chi connectivity index (χ4v) is 7.23. The topological polar surface area (TPSA) is 70.6 Å². The normalized spacial score (nSPS) is 15.1. The molecule has 1 fully saturated rings. The molecule has 1 aliphatic rings. The second kappa shape index (κ2) is 10.9. The third-order valence-corrected chi connectivity index (χ3v) is 9.82. The maximum absolute atomic E-state index is 14.2. The molecule has 6 nitrogen and oxygen atoms in total. The van der Waals surface area contributed by atoms with Crippen LogP contribution in [0.4, 0.5) is 13.9 Å². The predicted octanol–water partition coefficient (Wildman–Crippen LogP) is 5.77. The van der Waals surface area contributed by atoms with Crippen molar-refractivity contribution in [3.05, 3.63) is 89.5 Å². The molecule has 0 saturated carbocycles. The predicted molar refractivity (Wildman–Crippen MR) is 144 cm³/mol. The number of thiazole rings is 1. The molecule has 1 amide bonds. The molecule has 1 aromatic heterocycles. The summed E-state index contributed by atoms with van der Waals surface area (Å²) in [6.07, 6.45) is 1.48. The van der Waals surface area contributed by atoms with Crippen LogP contribution in [-0.4, -0.2) is 36.7 Å². The van der Waals surface area contributed by atoms with Crippen molar-refractivity contribution in [3.8, 4) is 0 Å². The Bertz CT molecular complexity index is 1570. The molecule has 1 aliphatic heterocycles.